The number of nitriles is 1. The number of nitrogens with zero attached hydrogens (tertiary/aromatic N) is 1. The van der Waals surface area contributed by atoms with Crippen LogP contribution in [0.15, 0.2) is 54.1 Å². The van der Waals surface area contributed by atoms with Crippen LogP contribution in [0.2, 0.25) is 5.02 Å². The minimum atomic E-state index is -0.566. The Morgan fingerprint density at radius 3 is 2.57 bits per heavy atom. The average molecular weight is 301 g/mol. The minimum absolute atomic E-state index is 0.0680. The van der Waals surface area contributed by atoms with Crippen LogP contribution in [-0.4, -0.2) is 5.91 Å². The lowest BCUT2D eigenvalue weighted by Gasteiger charge is -2.04. The van der Waals surface area contributed by atoms with Crippen molar-refractivity contribution in [2.75, 3.05) is 5.32 Å². The van der Waals surface area contributed by atoms with Gasteiger partial charge in [0.1, 0.15) is 17.5 Å². The molecule has 2 rings (SSSR count). The van der Waals surface area contributed by atoms with Crippen molar-refractivity contribution in [3.05, 3.63) is 70.5 Å². The number of nitrogens with one attached hydrogen (secondary N) is 1. The fraction of sp³-hybridized carbons (Fsp3) is 0. The van der Waals surface area contributed by atoms with E-state index in [0.29, 0.717) is 16.3 Å². The maximum atomic E-state index is 12.8. The van der Waals surface area contributed by atoms with E-state index in [4.69, 9.17) is 16.9 Å². The molecule has 21 heavy (non-hydrogen) atoms. The fourth-order valence-corrected chi connectivity index (χ4v) is 1.84. The fourth-order valence-electron chi connectivity index (χ4n) is 1.64. The molecule has 2 aromatic carbocycles. The summed E-state index contributed by atoms with van der Waals surface area (Å²) in [5.74, 6) is -0.966. The van der Waals surface area contributed by atoms with Crippen LogP contribution in [0.25, 0.3) is 6.08 Å². The summed E-state index contributed by atoms with van der Waals surface area (Å²) in [6, 6.07) is 13.9. The summed E-state index contributed by atoms with van der Waals surface area (Å²) in [5.41, 5.74) is 0.989. The maximum absolute atomic E-state index is 12.8. The molecule has 104 valence electrons. The smallest absolute Gasteiger partial charge is 0.266 e. The molecule has 3 nitrogen and oxygen atoms in total. The summed E-state index contributed by atoms with van der Waals surface area (Å²) in [4.78, 5) is 12.0. The highest BCUT2D eigenvalue weighted by Gasteiger charge is 2.09. The molecule has 5 heteroatoms. The number of carbonyl (C=O) groups is 1. The molecule has 2 aromatic rings. The third-order valence-corrected chi connectivity index (χ3v) is 2.86. The molecule has 0 radical (unpaired) electrons. The minimum Gasteiger partial charge on any atom is -0.321 e. The molecule has 0 saturated carbocycles. The first kappa shape index (κ1) is 14.8. The SMILES string of the molecule is N#C/C(=C\c1cccc(Cl)c1)C(=O)Nc1ccc(F)cc1. The highest BCUT2D eigenvalue weighted by Crippen LogP contribution is 2.15. The third-order valence-electron chi connectivity index (χ3n) is 2.63. The van der Waals surface area contributed by atoms with Gasteiger partial charge in [0.2, 0.25) is 0 Å². The van der Waals surface area contributed by atoms with E-state index in [1.54, 1.807) is 24.3 Å². The van der Waals surface area contributed by atoms with Gasteiger partial charge in [0.15, 0.2) is 0 Å². The molecule has 0 heterocycles. The van der Waals surface area contributed by atoms with Crippen molar-refractivity contribution < 1.29 is 9.18 Å². The van der Waals surface area contributed by atoms with Gasteiger partial charge < -0.3 is 5.32 Å². The van der Waals surface area contributed by atoms with Crippen molar-refractivity contribution >= 4 is 29.3 Å². The second-order valence-corrected chi connectivity index (χ2v) is 4.62. The standard InChI is InChI=1S/C16H10ClFN2O/c17-13-3-1-2-11(9-13)8-12(10-19)16(21)20-15-6-4-14(18)5-7-15/h1-9H,(H,20,21)/b12-8+. The Hall–Kier alpha value is -2.64. The van der Waals surface area contributed by atoms with Crippen LogP contribution in [-0.2, 0) is 4.79 Å². The van der Waals surface area contributed by atoms with Gasteiger partial charge in [-0.25, -0.2) is 4.39 Å². The number of rotatable bonds is 3. The van der Waals surface area contributed by atoms with Crippen molar-refractivity contribution in [3.63, 3.8) is 0 Å². The van der Waals surface area contributed by atoms with E-state index in [1.165, 1.54) is 30.3 Å². The van der Waals surface area contributed by atoms with Gasteiger partial charge in [-0.3, -0.25) is 4.79 Å². The number of amides is 1. The van der Waals surface area contributed by atoms with Crippen LogP contribution >= 0.6 is 11.6 Å². The summed E-state index contributed by atoms with van der Waals surface area (Å²) >= 11 is 5.85. The van der Waals surface area contributed by atoms with E-state index in [0.717, 1.165) is 0 Å². The first-order chi connectivity index (χ1) is 10.1. The zero-order valence-corrected chi connectivity index (χ0v) is 11.6. The maximum Gasteiger partial charge on any atom is 0.266 e. The quantitative estimate of drug-likeness (QED) is 0.687. The van der Waals surface area contributed by atoms with Crippen molar-refractivity contribution in [1.82, 2.24) is 0 Å². The average Bonchev–Trinajstić information content (AvgIpc) is 2.47. The summed E-state index contributed by atoms with van der Waals surface area (Å²) in [6.45, 7) is 0. The molecule has 0 unspecified atom stereocenters. The molecule has 0 aromatic heterocycles. The van der Waals surface area contributed by atoms with Crippen molar-refractivity contribution in [1.29, 1.82) is 5.26 Å². The summed E-state index contributed by atoms with van der Waals surface area (Å²) in [6.07, 6.45) is 1.44. The summed E-state index contributed by atoms with van der Waals surface area (Å²) in [7, 11) is 0. The number of carbonyl (C=O) groups excluding carboxylic acids is 1. The molecular weight excluding hydrogens is 291 g/mol. The lowest BCUT2D eigenvalue weighted by atomic mass is 10.1. The zero-order valence-electron chi connectivity index (χ0n) is 10.8. The van der Waals surface area contributed by atoms with Gasteiger partial charge in [-0.05, 0) is 48.0 Å². The Morgan fingerprint density at radius 2 is 1.95 bits per heavy atom. The topological polar surface area (TPSA) is 52.9 Å². The summed E-state index contributed by atoms with van der Waals surface area (Å²) < 4.78 is 12.8. The van der Waals surface area contributed by atoms with Gasteiger partial charge in [0, 0.05) is 10.7 Å². The van der Waals surface area contributed by atoms with Crippen LogP contribution in [0.5, 0.6) is 0 Å². The van der Waals surface area contributed by atoms with Crippen molar-refractivity contribution in [3.8, 4) is 6.07 Å². The van der Waals surface area contributed by atoms with Crippen LogP contribution in [0.3, 0.4) is 0 Å². The van der Waals surface area contributed by atoms with Gasteiger partial charge in [-0.15, -0.1) is 0 Å². The van der Waals surface area contributed by atoms with Gasteiger partial charge >= 0.3 is 0 Å². The van der Waals surface area contributed by atoms with Gasteiger partial charge in [-0.2, -0.15) is 5.26 Å². The number of anilines is 1. The van der Waals surface area contributed by atoms with E-state index >= 15 is 0 Å². The zero-order chi connectivity index (χ0) is 15.2. The van der Waals surface area contributed by atoms with Gasteiger partial charge in [-0.1, -0.05) is 23.7 Å². The molecule has 0 aliphatic heterocycles. The molecular formula is C16H10ClFN2O. The lowest BCUT2D eigenvalue weighted by Crippen LogP contribution is -2.13. The number of hydrogen-bond acceptors (Lipinski definition) is 2. The second-order valence-electron chi connectivity index (χ2n) is 4.19. The predicted octanol–water partition coefficient (Wildman–Crippen LogP) is 4.02. The Labute approximate surface area is 126 Å². The molecule has 0 fully saturated rings. The van der Waals surface area contributed by atoms with E-state index in [-0.39, 0.29) is 5.57 Å². The normalized spacial score (nSPS) is 10.8. The van der Waals surface area contributed by atoms with Gasteiger partial charge in [0.05, 0.1) is 0 Å². The van der Waals surface area contributed by atoms with E-state index in [2.05, 4.69) is 5.32 Å². The largest absolute Gasteiger partial charge is 0.321 e. The number of halogens is 2. The van der Waals surface area contributed by atoms with Crippen LogP contribution in [0.4, 0.5) is 10.1 Å². The first-order valence-corrected chi connectivity index (χ1v) is 6.40. The lowest BCUT2D eigenvalue weighted by molar-refractivity contribution is -0.112. The van der Waals surface area contributed by atoms with Crippen LogP contribution in [0.1, 0.15) is 5.56 Å². The number of hydrogen-bond donors (Lipinski definition) is 1. The first-order valence-electron chi connectivity index (χ1n) is 6.03. The highest BCUT2D eigenvalue weighted by atomic mass is 35.5. The Morgan fingerprint density at radius 1 is 1.24 bits per heavy atom. The van der Waals surface area contributed by atoms with E-state index < -0.39 is 11.7 Å². The molecule has 0 aliphatic carbocycles. The van der Waals surface area contributed by atoms with Crippen LogP contribution < -0.4 is 5.32 Å². The van der Waals surface area contributed by atoms with Crippen molar-refractivity contribution in [2.24, 2.45) is 0 Å². The molecule has 1 N–H and O–H groups in total. The Kier molecular flexibility index (Phi) is 4.70. The van der Waals surface area contributed by atoms with E-state index in [9.17, 15) is 9.18 Å². The predicted molar refractivity (Wildman–Crippen MR) is 80.1 cm³/mol. The molecule has 0 aliphatic rings. The summed E-state index contributed by atoms with van der Waals surface area (Å²) in [5, 5.41) is 12.1. The van der Waals surface area contributed by atoms with Gasteiger partial charge in [0.25, 0.3) is 5.91 Å². The highest BCUT2D eigenvalue weighted by molar-refractivity contribution is 6.30. The van der Waals surface area contributed by atoms with E-state index in [1.807, 2.05) is 6.07 Å². The Balaban J connectivity index is 2.19. The second kappa shape index (κ2) is 6.69. The molecule has 0 saturated heterocycles. The number of benzene rings is 2. The molecule has 0 spiro atoms. The molecule has 0 bridgehead atoms. The third kappa shape index (κ3) is 4.16. The Bertz CT molecular complexity index is 733. The van der Waals surface area contributed by atoms with Crippen LogP contribution in [0, 0.1) is 17.1 Å². The molecule has 1 amide bonds. The molecule has 0 atom stereocenters. The van der Waals surface area contributed by atoms with Crippen molar-refractivity contribution in [2.45, 2.75) is 0 Å². The monoisotopic (exact) mass is 300 g/mol.